The Kier molecular flexibility index (Phi) is 13.4. The molecule has 5 N–H and O–H groups in total. The first-order valence-corrected chi connectivity index (χ1v) is 21.5. The van der Waals surface area contributed by atoms with Gasteiger partial charge in [0, 0.05) is 60.5 Å². The number of urea groups is 1. The lowest BCUT2D eigenvalue weighted by molar-refractivity contribution is 0.0363. The highest BCUT2D eigenvalue weighted by atomic mass is 32.2. The molecule has 3 amide bonds. The highest BCUT2D eigenvalue weighted by Crippen LogP contribution is 2.46. The number of nitrogens with zero attached hydrogens (tertiary/aromatic N) is 3. The van der Waals surface area contributed by atoms with Gasteiger partial charge in [0.1, 0.15) is 23.1 Å². The van der Waals surface area contributed by atoms with Crippen LogP contribution in [-0.2, 0) is 20.2 Å². The second-order valence-corrected chi connectivity index (χ2v) is 17.4. The van der Waals surface area contributed by atoms with Crippen LogP contribution in [0, 0.1) is 0 Å². The monoisotopic (exact) mass is 839 g/mol. The normalized spacial score (nSPS) is 13.9. The van der Waals surface area contributed by atoms with Gasteiger partial charge in [0.2, 0.25) is 10.0 Å². The number of morpholine rings is 1. The van der Waals surface area contributed by atoms with Gasteiger partial charge in [-0.25, -0.2) is 18.2 Å². The summed E-state index contributed by atoms with van der Waals surface area (Å²) in [6, 6.07) is 22.2. The molecule has 0 bridgehead atoms. The Bertz CT molecular complexity index is 2470. The number of nitrogens with one attached hydrogen (secondary N) is 3. The summed E-state index contributed by atoms with van der Waals surface area (Å²) >= 11 is 0. The van der Waals surface area contributed by atoms with Crippen molar-refractivity contribution < 1.29 is 37.0 Å². The summed E-state index contributed by atoms with van der Waals surface area (Å²) < 4.78 is 50.6. The SMILES string of the molecule is COc1cc(Nc2cc(Oc3ccc(N(C(N)=O)c4cc(C(C)(C)C)cc(NS(C)(=O)=O)c4OC)c4ccccc34)ccn2)ccc1C(=O)N[C@H](C)CCN1CCOCC1. The standard InChI is InChI=1S/C44H53N7O8S/c1-28(17-19-50-20-22-58-23-21-50)47-42(52)34-13-12-30(26-39(34)56-5)48-40-27-31(16-18-46-40)59-38-15-14-36(32-10-8-9-11-33(32)38)51(43(45)53)37-25-29(44(2,3)4)24-35(41(37)57-6)49-60(7,54)55/h8-16,18,24-28,49H,17,19-23H2,1-7H3,(H2,45,53)(H,46,48)(H,47,52)/t28-/m1/s1. The quantitative estimate of drug-likeness (QED) is 0.0817. The van der Waals surface area contributed by atoms with Crippen molar-refractivity contribution in [3.8, 4) is 23.0 Å². The van der Waals surface area contributed by atoms with Gasteiger partial charge in [-0.2, -0.15) is 0 Å². The summed E-state index contributed by atoms with van der Waals surface area (Å²) in [5.74, 6) is 1.75. The number of ether oxygens (including phenoxy) is 4. The second-order valence-electron chi connectivity index (χ2n) is 15.6. The van der Waals surface area contributed by atoms with Crippen LogP contribution in [0.1, 0.15) is 50.0 Å². The third kappa shape index (κ3) is 10.5. The minimum absolute atomic E-state index is 0.0290. The molecule has 0 saturated carbocycles. The molecule has 0 aliphatic carbocycles. The van der Waals surface area contributed by atoms with E-state index in [0.29, 0.717) is 50.8 Å². The van der Waals surface area contributed by atoms with Crippen molar-refractivity contribution in [2.24, 2.45) is 5.73 Å². The molecular weight excluding hydrogens is 787 g/mol. The Balaban J connectivity index is 1.24. The van der Waals surface area contributed by atoms with E-state index in [9.17, 15) is 18.0 Å². The van der Waals surface area contributed by atoms with Crippen LogP contribution in [0.5, 0.6) is 23.0 Å². The number of primary amides is 1. The van der Waals surface area contributed by atoms with Crippen molar-refractivity contribution >= 4 is 61.3 Å². The topological polar surface area (TPSA) is 187 Å². The van der Waals surface area contributed by atoms with E-state index in [4.69, 9.17) is 24.7 Å². The molecule has 0 unspecified atom stereocenters. The minimum atomic E-state index is -3.72. The van der Waals surface area contributed by atoms with Crippen molar-refractivity contribution in [1.29, 1.82) is 0 Å². The summed E-state index contributed by atoms with van der Waals surface area (Å²) in [7, 11) is -0.799. The molecule has 16 heteroatoms. The molecule has 1 aliphatic rings. The Morgan fingerprint density at radius 2 is 1.67 bits per heavy atom. The lowest BCUT2D eigenvalue weighted by Crippen LogP contribution is -2.40. The van der Waals surface area contributed by atoms with Crippen LogP contribution < -0.4 is 40.2 Å². The highest BCUT2D eigenvalue weighted by molar-refractivity contribution is 7.92. The summed E-state index contributed by atoms with van der Waals surface area (Å²) in [4.78, 5) is 34.8. The number of sulfonamides is 1. The van der Waals surface area contributed by atoms with Crippen LogP contribution in [0.2, 0.25) is 0 Å². The van der Waals surface area contributed by atoms with Crippen LogP contribution in [0.4, 0.5) is 33.4 Å². The number of carbonyl (C=O) groups excluding carboxylic acids is 2. The molecule has 6 rings (SSSR count). The van der Waals surface area contributed by atoms with Gasteiger partial charge in [-0.05, 0) is 66.8 Å². The van der Waals surface area contributed by atoms with Crippen LogP contribution in [0.15, 0.2) is 85.1 Å². The number of benzene rings is 4. The first-order valence-electron chi connectivity index (χ1n) is 19.6. The summed E-state index contributed by atoms with van der Waals surface area (Å²) in [5, 5.41) is 7.66. The molecule has 60 heavy (non-hydrogen) atoms. The predicted octanol–water partition coefficient (Wildman–Crippen LogP) is 7.51. The lowest BCUT2D eigenvalue weighted by Gasteiger charge is -2.29. The number of pyridine rings is 1. The van der Waals surface area contributed by atoms with Crippen molar-refractivity contribution in [3.05, 3.63) is 96.2 Å². The number of rotatable bonds is 15. The van der Waals surface area contributed by atoms with Crippen LogP contribution in [-0.4, -0.2) is 89.6 Å². The van der Waals surface area contributed by atoms with Gasteiger partial charge in [0.05, 0.1) is 56.3 Å². The molecule has 0 radical (unpaired) electrons. The largest absolute Gasteiger partial charge is 0.496 e. The van der Waals surface area contributed by atoms with E-state index in [1.165, 1.54) is 19.1 Å². The highest BCUT2D eigenvalue weighted by Gasteiger charge is 2.28. The molecular formula is C44H53N7O8S. The first kappa shape index (κ1) is 43.5. The Morgan fingerprint density at radius 1 is 0.933 bits per heavy atom. The molecule has 5 aromatic rings. The number of aromatic nitrogens is 1. The molecule has 1 fully saturated rings. The van der Waals surface area contributed by atoms with Crippen molar-refractivity contribution in [2.75, 3.05) is 68.3 Å². The Hall–Kier alpha value is -6.10. The maximum atomic E-state index is 13.4. The molecule has 4 aromatic carbocycles. The summed E-state index contributed by atoms with van der Waals surface area (Å²) in [6.07, 6.45) is 3.47. The predicted molar refractivity (Wildman–Crippen MR) is 235 cm³/mol. The molecule has 1 aromatic heterocycles. The van der Waals surface area contributed by atoms with Gasteiger partial charge >= 0.3 is 6.03 Å². The van der Waals surface area contributed by atoms with E-state index in [2.05, 4.69) is 25.2 Å². The number of amides is 3. The summed E-state index contributed by atoms with van der Waals surface area (Å²) in [5.41, 5.74) is 8.31. The van der Waals surface area contributed by atoms with Gasteiger partial charge in [0.15, 0.2) is 5.75 Å². The van der Waals surface area contributed by atoms with E-state index in [1.54, 1.807) is 60.8 Å². The van der Waals surface area contributed by atoms with Crippen LogP contribution in [0.3, 0.4) is 0 Å². The Morgan fingerprint density at radius 3 is 2.33 bits per heavy atom. The maximum absolute atomic E-state index is 13.4. The third-order valence-electron chi connectivity index (χ3n) is 10.0. The molecule has 1 atom stereocenters. The smallest absolute Gasteiger partial charge is 0.324 e. The van der Waals surface area contributed by atoms with Crippen LogP contribution in [0.25, 0.3) is 10.8 Å². The van der Waals surface area contributed by atoms with E-state index < -0.39 is 21.5 Å². The minimum Gasteiger partial charge on any atom is -0.496 e. The fraction of sp³-hybridized carbons (Fsp3) is 0.341. The zero-order chi connectivity index (χ0) is 43.2. The van der Waals surface area contributed by atoms with E-state index in [0.717, 1.165) is 51.1 Å². The maximum Gasteiger partial charge on any atom is 0.324 e. The van der Waals surface area contributed by atoms with Crippen molar-refractivity contribution in [3.63, 3.8) is 0 Å². The summed E-state index contributed by atoms with van der Waals surface area (Å²) in [6.45, 7) is 12.1. The number of nitrogens with two attached hydrogens (primary N) is 1. The van der Waals surface area contributed by atoms with Gasteiger partial charge in [0.25, 0.3) is 5.91 Å². The fourth-order valence-corrected chi connectivity index (χ4v) is 7.51. The average Bonchev–Trinajstić information content (AvgIpc) is 3.20. The van der Waals surface area contributed by atoms with Gasteiger partial charge in [-0.3, -0.25) is 19.3 Å². The number of hydrogen-bond donors (Lipinski definition) is 4. The molecule has 318 valence electrons. The molecule has 1 aliphatic heterocycles. The van der Waals surface area contributed by atoms with Crippen molar-refractivity contribution in [2.45, 2.75) is 45.6 Å². The van der Waals surface area contributed by atoms with E-state index in [-0.39, 0.29) is 29.1 Å². The van der Waals surface area contributed by atoms with Gasteiger partial charge < -0.3 is 35.3 Å². The van der Waals surface area contributed by atoms with Crippen LogP contribution >= 0.6 is 0 Å². The third-order valence-corrected chi connectivity index (χ3v) is 10.6. The second kappa shape index (κ2) is 18.4. The molecule has 0 spiro atoms. The lowest BCUT2D eigenvalue weighted by atomic mass is 9.86. The molecule has 15 nitrogen and oxygen atoms in total. The number of fused-ring (bicyclic) bond motifs is 1. The first-order chi connectivity index (χ1) is 28.5. The molecule has 1 saturated heterocycles. The number of hydrogen-bond acceptors (Lipinski definition) is 11. The zero-order valence-corrected chi connectivity index (χ0v) is 35.8. The van der Waals surface area contributed by atoms with E-state index in [1.807, 2.05) is 52.0 Å². The number of methoxy groups -OCH3 is 2. The number of anilines is 5. The van der Waals surface area contributed by atoms with Gasteiger partial charge in [-0.15, -0.1) is 0 Å². The zero-order valence-electron chi connectivity index (χ0n) is 35.0. The number of carbonyl (C=O) groups is 2. The average molecular weight is 840 g/mol. The van der Waals surface area contributed by atoms with Crippen molar-refractivity contribution in [1.82, 2.24) is 15.2 Å². The molecule has 2 heterocycles. The van der Waals surface area contributed by atoms with E-state index >= 15 is 0 Å². The fourth-order valence-electron chi connectivity index (χ4n) is 6.96. The van der Waals surface area contributed by atoms with Gasteiger partial charge in [-0.1, -0.05) is 45.0 Å². The Labute approximate surface area is 351 Å².